The van der Waals surface area contributed by atoms with Crippen LogP contribution in [0.1, 0.15) is 29.3 Å². The van der Waals surface area contributed by atoms with Gasteiger partial charge in [0.05, 0.1) is 6.54 Å². The number of halogens is 3. The molecule has 1 heterocycles. The molecule has 0 bridgehead atoms. The van der Waals surface area contributed by atoms with Gasteiger partial charge < -0.3 is 10.2 Å². The van der Waals surface area contributed by atoms with Crippen LogP contribution in [0.25, 0.3) is 0 Å². The number of carbonyl (C=O) groups excluding carboxylic acids is 1. The third-order valence-corrected chi connectivity index (χ3v) is 3.24. The van der Waals surface area contributed by atoms with Gasteiger partial charge in [-0.2, -0.15) is 0 Å². The summed E-state index contributed by atoms with van der Waals surface area (Å²) in [6.07, 6.45) is -0.239. The Morgan fingerprint density at radius 1 is 1.35 bits per heavy atom. The quantitative estimate of drug-likeness (QED) is 0.927. The molecule has 0 aromatic heterocycles. The average molecular weight is 305 g/mol. The predicted molar refractivity (Wildman–Crippen MR) is 76.5 cm³/mol. The van der Waals surface area contributed by atoms with Crippen LogP contribution in [0.2, 0.25) is 0 Å². The van der Waals surface area contributed by atoms with E-state index in [1.165, 1.54) is 4.90 Å². The van der Waals surface area contributed by atoms with Gasteiger partial charge in [-0.15, -0.1) is 12.4 Å². The fourth-order valence-electron chi connectivity index (χ4n) is 2.13. The highest BCUT2D eigenvalue weighted by Gasteiger charge is 2.40. The number of rotatable bonds is 4. The molecule has 1 fully saturated rings. The number of nitrogens with zero attached hydrogens (tertiary/aromatic N) is 1. The van der Waals surface area contributed by atoms with E-state index in [2.05, 4.69) is 5.32 Å². The molecule has 1 saturated heterocycles. The predicted octanol–water partition coefficient (Wildman–Crippen LogP) is 2.70. The number of carbonyl (C=O) groups is 1. The second kappa shape index (κ2) is 6.99. The summed E-state index contributed by atoms with van der Waals surface area (Å²) in [5.74, 6) is -3.05. The Balaban J connectivity index is 0.00000200. The molecule has 0 saturated carbocycles. The molecule has 1 aromatic rings. The van der Waals surface area contributed by atoms with Gasteiger partial charge in [-0.1, -0.05) is 19.1 Å². The summed E-state index contributed by atoms with van der Waals surface area (Å²) in [5, 5.41) is 3.18. The molecular formula is C14H19ClF2N2O. The molecule has 1 aromatic carbocycles. The summed E-state index contributed by atoms with van der Waals surface area (Å²) in [6, 6.07) is 7.10. The van der Waals surface area contributed by atoms with Crippen molar-refractivity contribution in [2.24, 2.45) is 0 Å². The number of hydrogen-bond acceptors (Lipinski definition) is 2. The summed E-state index contributed by atoms with van der Waals surface area (Å²) >= 11 is 0. The van der Waals surface area contributed by atoms with Gasteiger partial charge in [0.15, 0.2) is 0 Å². The Labute approximate surface area is 123 Å². The van der Waals surface area contributed by atoms with Crippen molar-refractivity contribution < 1.29 is 13.6 Å². The Kier molecular flexibility index (Phi) is 5.89. The van der Waals surface area contributed by atoms with Crippen LogP contribution in [-0.2, 0) is 6.54 Å². The lowest BCUT2D eigenvalue weighted by molar-refractivity contribution is 0.0120. The normalized spacial score (nSPS) is 16.9. The second-order valence-electron chi connectivity index (χ2n) is 4.81. The van der Waals surface area contributed by atoms with E-state index in [1.54, 1.807) is 12.1 Å². The van der Waals surface area contributed by atoms with Crippen molar-refractivity contribution >= 4 is 18.3 Å². The number of amides is 1. The number of nitrogens with one attached hydrogen (secondary N) is 1. The molecule has 20 heavy (non-hydrogen) atoms. The summed E-state index contributed by atoms with van der Waals surface area (Å²) in [5.41, 5.74) is 1.54. The summed E-state index contributed by atoms with van der Waals surface area (Å²) in [4.78, 5) is 13.3. The maximum atomic E-state index is 13.1. The maximum absolute atomic E-state index is 13.1. The molecule has 0 spiro atoms. The molecule has 1 N–H and O–H groups in total. The molecule has 1 aliphatic heterocycles. The van der Waals surface area contributed by atoms with Crippen LogP contribution in [0, 0.1) is 0 Å². The lowest BCUT2D eigenvalue weighted by Gasteiger charge is -2.16. The standard InChI is InChI=1S/C14H18F2N2O.ClH/c1-2-17-9-11-3-5-12(6-4-11)13(19)18-8-7-14(15,16)10-18;/h3-6,17H,2,7-10H2,1H3;1H. The van der Waals surface area contributed by atoms with E-state index in [0.717, 1.165) is 18.7 Å². The highest BCUT2D eigenvalue weighted by molar-refractivity contribution is 5.94. The van der Waals surface area contributed by atoms with Crippen molar-refractivity contribution in [1.29, 1.82) is 0 Å². The summed E-state index contributed by atoms with van der Waals surface area (Å²) < 4.78 is 26.1. The second-order valence-corrected chi connectivity index (χ2v) is 4.81. The largest absolute Gasteiger partial charge is 0.332 e. The zero-order valence-corrected chi connectivity index (χ0v) is 12.2. The molecule has 1 aliphatic rings. The van der Waals surface area contributed by atoms with E-state index < -0.39 is 12.5 Å². The Hall–Kier alpha value is -1.20. The molecule has 6 heteroatoms. The van der Waals surface area contributed by atoms with Crippen molar-refractivity contribution in [3.63, 3.8) is 0 Å². The fraction of sp³-hybridized carbons (Fsp3) is 0.500. The van der Waals surface area contributed by atoms with Gasteiger partial charge >= 0.3 is 0 Å². The van der Waals surface area contributed by atoms with E-state index in [4.69, 9.17) is 0 Å². The summed E-state index contributed by atoms with van der Waals surface area (Å²) in [6.45, 7) is 3.30. The first-order chi connectivity index (χ1) is 9.02. The fourth-order valence-corrected chi connectivity index (χ4v) is 2.13. The lowest BCUT2D eigenvalue weighted by atomic mass is 10.1. The van der Waals surface area contributed by atoms with Crippen molar-refractivity contribution in [3.05, 3.63) is 35.4 Å². The van der Waals surface area contributed by atoms with E-state index in [1.807, 2.05) is 19.1 Å². The highest BCUT2D eigenvalue weighted by atomic mass is 35.5. The van der Waals surface area contributed by atoms with Crippen LogP contribution in [0.15, 0.2) is 24.3 Å². The minimum atomic E-state index is -2.74. The number of benzene rings is 1. The number of likely N-dealkylation sites (tertiary alicyclic amines) is 1. The van der Waals surface area contributed by atoms with Crippen molar-refractivity contribution in [1.82, 2.24) is 10.2 Å². The van der Waals surface area contributed by atoms with E-state index in [-0.39, 0.29) is 31.3 Å². The van der Waals surface area contributed by atoms with E-state index >= 15 is 0 Å². The molecule has 3 nitrogen and oxygen atoms in total. The first-order valence-electron chi connectivity index (χ1n) is 6.48. The monoisotopic (exact) mass is 304 g/mol. The maximum Gasteiger partial charge on any atom is 0.267 e. The lowest BCUT2D eigenvalue weighted by Crippen LogP contribution is -2.31. The van der Waals surface area contributed by atoms with Crippen LogP contribution < -0.4 is 5.32 Å². The number of alkyl halides is 2. The minimum absolute atomic E-state index is 0. The number of hydrogen-bond donors (Lipinski definition) is 1. The Morgan fingerprint density at radius 3 is 2.50 bits per heavy atom. The topological polar surface area (TPSA) is 32.3 Å². The van der Waals surface area contributed by atoms with Crippen LogP contribution in [0.5, 0.6) is 0 Å². The molecule has 2 rings (SSSR count). The molecular weight excluding hydrogens is 286 g/mol. The van der Waals surface area contributed by atoms with Crippen LogP contribution in [0.3, 0.4) is 0 Å². The van der Waals surface area contributed by atoms with Crippen LogP contribution in [-0.4, -0.2) is 36.4 Å². The van der Waals surface area contributed by atoms with E-state index in [0.29, 0.717) is 5.56 Å². The van der Waals surface area contributed by atoms with Gasteiger partial charge in [0, 0.05) is 25.1 Å². The third kappa shape index (κ3) is 4.15. The van der Waals surface area contributed by atoms with Gasteiger partial charge in [0.2, 0.25) is 0 Å². The van der Waals surface area contributed by atoms with E-state index in [9.17, 15) is 13.6 Å². The first-order valence-corrected chi connectivity index (χ1v) is 6.48. The summed E-state index contributed by atoms with van der Waals surface area (Å²) in [7, 11) is 0. The highest BCUT2D eigenvalue weighted by Crippen LogP contribution is 2.27. The van der Waals surface area contributed by atoms with Crippen molar-refractivity contribution in [2.45, 2.75) is 25.8 Å². The zero-order chi connectivity index (χ0) is 13.9. The molecule has 1 amide bonds. The molecule has 112 valence electrons. The van der Waals surface area contributed by atoms with Crippen LogP contribution in [0.4, 0.5) is 8.78 Å². The third-order valence-electron chi connectivity index (χ3n) is 3.24. The van der Waals surface area contributed by atoms with Crippen molar-refractivity contribution in [2.75, 3.05) is 19.6 Å². The van der Waals surface area contributed by atoms with Gasteiger partial charge in [-0.05, 0) is 24.2 Å². The first kappa shape index (κ1) is 16.9. The van der Waals surface area contributed by atoms with Gasteiger partial charge in [0.1, 0.15) is 0 Å². The van der Waals surface area contributed by atoms with Gasteiger partial charge in [0.25, 0.3) is 11.8 Å². The zero-order valence-electron chi connectivity index (χ0n) is 11.4. The minimum Gasteiger partial charge on any atom is -0.332 e. The van der Waals surface area contributed by atoms with Gasteiger partial charge in [-0.25, -0.2) is 8.78 Å². The SMILES string of the molecule is CCNCc1ccc(C(=O)N2CCC(F)(F)C2)cc1.Cl. The molecule has 0 aliphatic carbocycles. The molecule has 0 atom stereocenters. The molecule has 0 radical (unpaired) electrons. The smallest absolute Gasteiger partial charge is 0.267 e. The average Bonchev–Trinajstić information content (AvgIpc) is 2.76. The van der Waals surface area contributed by atoms with Crippen molar-refractivity contribution in [3.8, 4) is 0 Å². The molecule has 0 unspecified atom stereocenters. The Morgan fingerprint density at radius 2 is 2.00 bits per heavy atom. The Bertz CT molecular complexity index is 451. The van der Waals surface area contributed by atoms with Crippen LogP contribution >= 0.6 is 12.4 Å². The van der Waals surface area contributed by atoms with Gasteiger partial charge in [-0.3, -0.25) is 4.79 Å².